The van der Waals surface area contributed by atoms with Crippen molar-refractivity contribution in [3.8, 4) is 5.69 Å². The van der Waals surface area contributed by atoms with Crippen molar-refractivity contribution in [1.82, 2.24) is 9.55 Å². The van der Waals surface area contributed by atoms with Crippen LogP contribution in [0.4, 0.5) is 0 Å². The van der Waals surface area contributed by atoms with Crippen molar-refractivity contribution in [2.75, 3.05) is 0 Å². The summed E-state index contributed by atoms with van der Waals surface area (Å²) in [4.78, 5) is 3.15. The third-order valence-corrected chi connectivity index (χ3v) is 4.07. The van der Waals surface area contributed by atoms with Crippen LogP contribution in [0.25, 0.3) is 16.7 Å². The molecule has 0 saturated heterocycles. The molecule has 3 rings (SSSR count). The van der Waals surface area contributed by atoms with Gasteiger partial charge in [0.05, 0.1) is 16.1 Å². The number of para-hydroxylation sites is 1. The third kappa shape index (κ3) is 1.98. The Morgan fingerprint density at radius 2 is 1.83 bits per heavy atom. The summed E-state index contributed by atoms with van der Waals surface area (Å²) in [5, 5.41) is 0.683. The normalized spacial score (nSPS) is 11.0. The molecule has 0 unspecified atom stereocenters. The molecule has 18 heavy (non-hydrogen) atoms. The van der Waals surface area contributed by atoms with Crippen LogP contribution in [0.5, 0.6) is 0 Å². The van der Waals surface area contributed by atoms with Gasteiger partial charge in [0.1, 0.15) is 0 Å². The Bertz CT molecular complexity index is 774. The molecule has 0 saturated carbocycles. The zero-order valence-corrected chi connectivity index (χ0v) is 12.9. The Kier molecular flexibility index (Phi) is 3.17. The summed E-state index contributed by atoms with van der Waals surface area (Å²) >= 11 is 13.8. The van der Waals surface area contributed by atoms with E-state index in [9.17, 15) is 0 Å². The van der Waals surface area contributed by atoms with Crippen LogP contribution < -0.4 is 0 Å². The first-order valence-corrected chi connectivity index (χ1v) is 7.18. The van der Waals surface area contributed by atoms with E-state index >= 15 is 0 Å². The molecule has 1 aromatic heterocycles. The molecule has 90 valence electrons. The number of hydrogen-bond acceptors (Lipinski definition) is 1. The average Bonchev–Trinajstić information content (AvgIpc) is 2.69. The Morgan fingerprint density at radius 1 is 1.11 bits per heavy atom. The van der Waals surface area contributed by atoms with E-state index in [1.807, 2.05) is 34.9 Å². The van der Waals surface area contributed by atoms with E-state index in [1.54, 1.807) is 0 Å². The molecular formula is C13H8ClIN2S. The highest BCUT2D eigenvalue weighted by Gasteiger charge is 2.08. The molecule has 2 aromatic carbocycles. The minimum absolute atomic E-state index is 0.652. The van der Waals surface area contributed by atoms with Crippen LogP contribution in [0.3, 0.4) is 0 Å². The first-order chi connectivity index (χ1) is 8.66. The highest BCUT2D eigenvalue weighted by atomic mass is 127. The van der Waals surface area contributed by atoms with Crippen LogP contribution in [0.15, 0.2) is 42.5 Å². The number of nitrogens with one attached hydrogen (secondary N) is 1. The van der Waals surface area contributed by atoms with Gasteiger partial charge in [0.15, 0.2) is 4.77 Å². The SMILES string of the molecule is S=c1[nH]c2c(Cl)cccc2n1-c1ccc(I)cc1. The van der Waals surface area contributed by atoms with Crippen LogP contribution in [0.1, 0.15) is 0 Å². The third-order valence-electron chi connectivity index (χ3n) is 2.75. The number of fused-ring (bicyclic) bond motifs is 1. The second-order valence-corrected chi connectivity index (χ2v) is 5.92. The molecule has 3 aromatic rings. The molecule has 0 aliphatic heterocycles. The largest absolute Gasteiger partial charge is 0.329 e. The zero-order chi connectivity index (χ0) is 12.7. The Labute approximate surface area is 128 Å². The van der Waals surface area contributed by atoms with Gasteiger partial charge in [-0.2, -0.15) is 0 Å². The molecule has 0 atom stereocenters. The van der Waals surface area contributed by atoms with Crippen molar-refractivity contribution >= 4 is 57.4 Å². The van der Waals surface area contributed by atoms with Gasteiger partial charge < -0.3 is 4.98 Å². The summed E-state index contributed by atoms with van der Waals surface area (Å²) < 4.78 is 3.84. The predicted octanol–water partition coefficient (Wildman–Crippen LogP) is 4.95. The fourth-order valence-corrected chi connectivity index (χ4v) is 2.82. The standard InChI is InChI=1S/C13H8ClIN2S/c14-10-2-1-3-11-12(10)16-13(18)17(11)9-6-4-8(15)5-7-9/h1-7H,(H,16,18). The first kappa shape index (κ1) is 12.2. The fourth-order valence-electron chi connectivity index (χ4n) is 1.94. The fraction of sp³-hybridized carbons (Fsp3) is 0. The monoisotopic (exact) mass is 386 g/mol. The number of aromatic nitrogens is 2. The van der Waals surface area contributed by atoms with Gasteiger partial charge in [-0.1, -0.05) is 17.7 Å². The number of imidazole rings is 1. The van der Waals surface area contributed by atoms with Gasteiger partial charge >= 0.3 is 0 Å². The second kappa shape index (κ2) is 4.68. The Balaban J connectivity index is 2.35. The van der Waals surface area contributed by atoms with Crippen LogP contribution in [0, 0.1) is 8.34 Å². The number of halogens is 2. The molecule has 2 nitrogen and oxygen atoms in total. The quantitative estimate of drug-likeness (QED) is 0.464. The maximum atomic E-state index is 6.16. The van der Waals surface area contributed by atoms with Crippen molar-refractivity contribution in [2.24, 2.45) is 0 Å². The van der Waals surface area contributed by atoms with Crippen molar-refractivity contribution in [2.45, 2.75) is 0 Å². The van der Waals surface area contributed by atoms with E-state index in [-0.39, 0.29) is 0 Å². The number of aromatic amines is 1. The minimum atomic E-state index is 0.652. The number of H-pyrrole nitrogens is 1. The van der Waals surface area contributed by atoms with Crippen molar-refractivity contribution < 1.29 is 0 Å². The Morgan fingerprint density at radius 3 is 2.56 bits per heavy atom. The lowest BCUT2D eigenvalue weighted by molar-refractivity contribution is 1.06. The summed E-state index contributed by atoms with van der Waals surface area (Å²) in [5.41, 5.74) is 2.91. The van der Waals surface area contributed by atoms with E-state index < -0.39 is 0 Å². The molecule has 0 bridgehead atoms. The molecule has 0 spiro atoms. The molecule has 1 N–H and O–H groups in total. The van der Waals surface area contributed by atoms with Gasteiger partial charge in [0, 0.05) is 9.26 Å². The smallest absolute Gasteiger partial charge is 0.182 e. The molecule has 0 radical (unpaired) electrons. The number of hydrogen-bond donors (Lipinski definition) is 1. The van der Waals surface area contributed by atoms with E-state index in [2.05, 4.69) is 39.7 Å². The van der Waals surface area contributed by atoms with Crippen LogP contribution in [0.2, 0.25) is 5.02 Å². The van der Waals surface area contributed by atoms with Gasteiger partial charge in [0.2, 0.25) is 0 Å². The van der Waals surface area contributed by atoms with Gasteiger partial charge in [-0.05, 0) is 71.2 Å². The van der Waals surface area contributed by atoms with Gasteiger partial charge in [-0.25, -0.2) is 0 Å². The van der Waals surface area contributed by atoms with E-state index in [4.69, 9.17) is 23.8 Å². The van der Waals surface area contributed by atoms with Gasteiger partial charge in [-0.15, -0.1) is 0 Å². The van der Waals surface area contributed by atoms with Gasteiger partial charge in [0.25, 0.3) is 0 Å². The van der Waals surface area contributed by atoms with Gasteiger partial charge in [-0.3, -0.25) is 4.57 Å². The molecule has 5 heteroatoms. The molecule has 0 aliphatic carbocycles. The average molecular weight is 387 g/mol. The highest BCUT2D eigenvalue weighted by molar-refractivity contribution is 14.1. The minimum Gasteiger partial charge on any atom is -0.329 e. The Hall–Kier alpha value is -0.850. The first-order valence-electron chi connectivity index (χ1n) is 5.32. The summed E-state index contributed by atoms with van der Waals surface area (Å²) in [6.07, 6.45) is 0. The second-order valence-electron chi connectivity index (χ2n) is 3.88. The number of rotatable bonds is 1. The molecule has 0 fully saturated rings. The molecule has 0 aliphatic rings. The van der Waals surface area contributed by atoms with Crippen LogP contribution >= 0.6 is 46.4 Å². The lowest BCUT2D eigenvalue weighted by Gasteiger charge is -2.04. The van der Waals surface area contributed by atoms with Crippen LogP contribution in [-0.4, -0.2) is 9.55 Å². The van der Waals surface area contributed by atoms with E-state index in [0.717, 1.165) is 16.7 Å². The molecule has 0 amide bonds. The summed E-state index contributed by atoms with van der Waals surface area (Å²) in [5.74, 6) is 0. The van der Waals surface area contributed by atoms with E-state index in [0.29, 0.717) is 9.79 Å². The molecule has 1 heterocycles. The van der Waals surface area contributed by atoms with Crippen molar-refractivity contribution in [3.05, 3.63) is 55.8 Å². The van der Waals surface area contributed by atoms with Crippen LogP contribution in [-0.2, 0) is 0 Å². The lowest BCUT2D eigenvalue weighted by Crippen LogP contribution is -1.93. The predicted molar refractivity (Wildman–Crippen MR) is 86.2 cm³/mol. The lowest BCUT2D eigenvalue weighted by atomic mass is 10.3. The number of benzene rings is 2. The summed E-state index contributed by atoms with van der Waals surface area (Å²) in [6.45, 7) is 0. The summed E-state index contributed by atoms with van der Waals surface area (Å²) in [7, 11) is 0. The summed E-state index contributed by atoms with van der Waals surface area (Å²) in [6, 6.07) is 14.0. The number of nitrogens with zero attached hydrogens (tertiary/aromatic N) is 1. The highest BCUT2D eigenvalue weighted by Crippen LogP contribution is 2.25. The maximum Gasteiger partial charge on any atom is 0.182 e. The molecular weight excluding hydrogens is 379 g/mol. The van der Waals surface area contributed by atoms with E-state index in [1.165, 1.54) is 3.57 Å². The topological polar surface area (TPSA) is 20.7 Å². The zero-order valence-electron chi connectivity index (χ0n) is 9.15. The van der Waals surface area contributed by atoms with Crippen molar-refractivity contribution in [3.63, 3.8) is 0 Å². The van der Waals surface area contributed by atoms with Crippen molar-refractivity contribution in [1.29, 1.82) is 0 Å². The maximum absolute atomic E-state index is 6.16.